The average molecular weight is 367 g/mol. The maximum absolute atomic E-state index is 12.2. The van der Waals surface area contributed by atoms with E-state index in [0.29, 0.717) is 16.5 Å². The highest BCUT2D eigenvalue weighted by atomic mass is 35.5. The summed E-state index contributed by atoms with van der Waals surface area (Å²) in [5.74, 6) is -0.828. The molecule has 0 aliphatic carbocycles. The van der Waals surface area contributed by atoms with Gasteiger partial charge in [-0.25, -0.2) is 14.8 Å². The zero-order chi connectivity index (χ0) is 17.3. The SMILES string of the molecule is C[C@H]1C[C@@H](NC(=O)c2cnc(Sc3nccn3C)c(Cl)c2)C(=O)O1. The standard InChI is InChI=1S/C15H15ClN4O3S/c1-8-5-11(14(22)23-8)19-12(21)9-6-10(16)13(18-7-9)24-15-17-3-4-20(15)2/h3-4,6-8,11H,5H2,1-2H3,(H,19,21)/t8-,11+/m0/s1. The molecule has 24 heavy (non-hydrogen) atoms. The number of aromatic nitrogens is 3. The van der Waals surface area contributed by atoms with E-state index in [1.165, 1.54) is 24.0 Å². The van der Waals surface area contributed by atoms with Crippen molar-refractivity contribution in [2.45, 2.75) is 35.7 Å². The van der Waals surface area contributed by atoms with Crippen LogP contribution in [0.4, 0.5) is 0 Å². The van der Waals surface area contributed by atoms with Crippen LogP contribution in [-0.4, -0.2) is 38.6 Å². The molecule has 3 rings (SSSR count). The van der Waals surface area contributed by atoms with Crippen LogP contribution in [0.1, 0.15) is 23.7 Å². The topological polar surface area (TPSA) is 86.1 Å². The molecule has 1 saturated heterocycles. The first-order valence-electron chi connectivity index (χ1n) is 7.26. The Labute approximate surface area is 147 Å². The van der Waals surface area contributed by atoms with Crippen LogP contribution in [0.2, 0.25) is 5.02 Å². The van der Waals surface area contributed by atoms with Gasteiger partial charge in [0.05, 0.1) is 10.6 Å². The average Bonchev–Trinajstić information content (AvgIpc) is 3.07. The molecule has 1 N–H and O–H groups in total. The lowest BCUT2D eigenvalue weighted by molar-refractivity contribution is -0.142. The van der Waals surface area contributed by atoms with E-state index in [2.05, 4.69) is 15.3 Å². The summed E-state index contributed by atoms with van der Waals surface area (Å²) in [5, 5.41) is 4.28. The summed E-state index contributed by atoms with van der Waals surface area (Å²) < 4.78 is 6.86. The number of esters is 1. The van der Waals surface area contributed by atoms with Crippen LogP contribution in [0.15, 0.2) is 34.8 Å². The normalized spacial score (nSPS) is 20.0. The van der Waals surface area contributed by atoms with Gasteiger partial charge in [-0.15, -0.1) is 0 Å². The molecule has 0 saturated carbocycles. The van der Waals surface area contributed by atoms with E-state index < -0.39 is 17.9 Å². The molecule has 0 bridgehead atoms. The van der Waals surface area contributed by atoms with E-state index in [1.807, 2.05) is 17.8 Å². The smallest absolute Gasteiger partial charge is 0.329 e. The molecule has 2 aromatic heterocycles. The zero-order valence-electron chi connectivity index (χ0n) is 13.0. The number of pyridine rings is 1. The Balaban J connectivity index is 1.71. The third-order valence-corrected chi connectivity index (χ3v) is 5.00. The Hall–Kier alpha value is -2.06. The number of aryl methyl sites for hydroxylation is 1. The first kappa shape index (κ1) is 16.8. The molecule has 1 aliphatic rings. The highest BCUT2D eigenvalue weighted by Gasteiger charge is 2.33. The van der Waals surface area contributed by atoms with Crippen molar-refractivity contribution in [1.29, 1.82) is 0 Å². The molecule has 7 nitrogen and oxygen atoms in total. The largest absolute Gasteiger partial charge is 0.461 e. The highest BCUT2D eigenvalue weighted by Crippen LogP contribution is 2.30. The Kier molecular flexibility index (Phi) is 4.77. The van der Waals surface area contributed by atoms with Crippen molar-refractivity contribution in [3.63, 3.8) is 0 Å². The maximum atomic E-state index is 12.2. The van der Waals surface area contributed by atoms with Crippen molar-refractivity contribution in [3.05, 3.63) is 35.2 Å². The number of hydrogen-bond acceptors (Lipinski definition) is 6. The van der Waals surface area contributed by atoms with E-state index in [-0.39, 0.29) is 11.7 Å². The van der Waals surface area contributed by atoms with Crippen LogP contribution in [0.3, 0.4) is 0 Å². The molecule has 9 heteroatoms. The van der Waals surface area contributed by atoms with Crippen molar-refractivity contribution in [3.8, 4) is 0 Å². The molecule has 0 unspecified atom stereocenters. The molecule has 0 aromatic carbocycles. The molecule has 1 fully saturated rings. The van der Waals surface area contributed by atoms with Crippen molar-refractivity contribution >= 4 is 35.2 Å². The van der Waals surface area contributed by atoms with Gasteiger partial charge in [0.2, 0.25) is 0 Å². The number of hydrogen-bond donors (Lipinski definition) is 1. The molecular weight excluding hydrogens is 352 g/mol. The first-order valence-corrected chi connectivity index (χ1v) is 8.45. The van der Waals surface area contributed by atoms with E-state index in [0.717, 1.165) is 5.16 Å². The quantitative estimate of drug-likeness (QED) is 0.833. The fourth-order valence-corrected chi connectivity index (χ4v) is 3.31. The number of halogens is 1. The van der Waals surface area contributed by atoms with Gasteiger partial charge in [0.25, 0.3) is 5.91 Å². The number of carbonyl (C=O) groups excluding carboxylic acids is 2. The Morgan fingerprint density at radius 1 is 1.50 bits per heavy atom. The molecule has 3 heterocycles. The number of amides is 1. The number of carbonyl (C=O) groups is 2. The minimum atomic E-state index is -0.632. The van der Waals surface area contributed by atoms with E-state index in [9.17, 15) is 9.59 Å². The summed E-state index contributed by atoms with van der Waals surface area (Å²) in [6.45, 7) is 1.78. The Morgan fingerprint density at radius 3 is 2.88 bits per heavy atom. The van der Waals surface area contributed by atoms with Gasteiger partial charge in [0, 0.05) is 32.1 Å². The number of ether oxygens (including phenoxy) is 1. The monoisotopic (exact) mass is 366 g/mol. The highest BCUT2D eigenvalue weighted by molar-refractivity contribution is 7.99. The number of imidazole rings is 1. The van der Waals surface area contributed by atoms with E-state index in [1.54, 1.807) is 13.1 Å². The second-order valence-electron chi connectivity index (χ2n) is 5.44. The summed E-state index contributed by atoms with van der Waals surface area (Å²) in [7, 11) is 1.87. The van der Waals surface area contributed by atoms with Crippen LogP contribution in [-0.2, 0) is 16.6 Å². The summed E-state index contributed by atoms with van der Waals surface area (Å²) in [6.07, 6.45) is 5.19. The van der Waals surface area contributed by atoms with Crippen LogP contribution in [0, 0.1) is 0 Å². The maximum Gasteiger partial charge on any atom is 0.329 e. The van der Waals surface area contributed by atoms with Gasteiger partial charge < -0.3 is 14.6 Å². The van der Waals surface area contributed by atoms with Gasteiger partial charge in [-0.2, -0.15) is 0 Å². The van der Waals surface area contributed by atoms with Gasteiger partial charge >= 0.3 is 5.97 Å². The van der Waals surface area contributed by atoms with Gasteiger partial charge in [-0.1, -0.05) is 11.6 Å². The van der Waals surface area contributed by atoms with Gasteiger partial charge in [-0.05, 0) is 24.8 Å². The summed E-state index contributed by atoms with van der Waals surface area (Å²) in [5.41, 5.74) is 0.288. The van der Waals surface area contributed by atoms with Crippen molar-refractivity contribution in [2.75, 3.05) is 0 Å². The minimum Gasteiger partial charge on any atom is -0.461 e. The number of nitrogens with one attached hydrogen (secondary N) is 1. The van der Waals surface area contributed by atoms with E-state index >= 15 is 0 Å². The fraction of sp³-hybridized carbons (Fsp3) is 0.333. The molecule has 126 valence electrons. The van der Waals surface area contributed by atoms with Crippen molar-refractivity contribution < 1.29 is 14.3 Å². The third-order valence-electron chi connectivity index (χ3n) is 3.51. The second-order valence-corrected chi connectivity index (χ2v) is 6.81. The summed E-state index contributed by atoms with van der Waals surface area (Å²) >= 11 is 7.52. The summed E-state index contributed by atoms with van der Waals surface area (Å²) in [4.78, 5) is 32.3. The fourth-order valence-electron chi connectivity index (χ4n) is 2.28. The van der Waals surface area contributed by atoms with Gasteiger partial charge in [-0.3, -0.25) is 4.79 Å². The minimum absolute atomic E-state index is 0.193. The lowest BCUT2D eigenvalue weighted by Gasteiger charge is -2.10. The molecule has 1 aliphatic heterocycles. The second kappa shape index (κ2) is 6.82. The van der Waals surface area contributed by atoms with Crippen molar-refractivity contribution in [1.82, 2.24) is 19.9 Å². The molecule has 0 radical (unpaired) electrons. The van der Waals surface area contributed by atoms with Crippen molar-refractivity contribution in [2.24, 2.45) is 7.05 Å². The summed E-state index contributed by atoms with van der Waals surface area (Å²) in [6, 6.07) is 0.895. The number of cyclic esters (lactones) is 1. The lowest BCUT2D eigenvalue weighted by atomic mass is 10.1. The third kappa shape index (κ3) is 3.54. The first-order chi connectivity index (χ1) is 11.4. The molecule has 0 spiro atoms. The van der Waals surface area contributed by atoms with Gasteiger partial charge in [0.15, 0.2) is 5.16 Å². The molecule has 2 atom stereocenters. The van der Waals surface area contributed by atoms with Crippen LogP contribution < -0.4 is 5.32 Å². The lowest BCUT2D eigenvalue weighted by Crippen LogP contribution is -2.38. The Morgan fingerprint density at radius 2 is 2.29 bits per heavy atom. The Bertz CT molecular complexity index is 795. The number of nitrogens with zero attached hydrogens (tertiary/aromatic N) is 3. The molecule has 1 amide bonds. The van der Waals surface area contributed by atoms with Crippen LogP contribution >= 0.6 is 23.4 Å². The van der Waals surface area contributed by atoms with E-state index in [4.69, 9.17) is 16.3 Å². The predicted octanol–water partition coefficient (Wildman–Crippen LogP) is 2.05. The predicted molar refractivity (Wildman–Crippen MR) is 88.0 cm³/mol. The molecular formula is C15H15ClN4O3S. The van der Waals surface area contributed by atoms with Crippen LogP contribution in [0.25, 0.3) is 0 Å². The van der Waals surface area contributed by atoms with Crippen LogP contribution in [0.5, 0.6) is 0 Å². The zero-order valence-corrected chi connectivity index (χ0v) is 14.6. The molecule has 2 aromatic rings. The number of rotatable bonds is 4. The van der Waals surface area contributed by atoms with Gasteiger partial charge in [0.1, 0.15) is 17.2 Å².